The third-order valence-corrected chi connectivity index (χ3v) is 3.83. The highest BCUT2D eigenvalue weighted by molar-refractivity contribution is 5.82. The van der Waals surface area contributed by atoms with Crippen LogP contribution in [0, 0.1) is 5.92 Å². The van der Waals surface area contributed by atoms with Gasteiger partial charge >= 0.3 is 5.97 Å². The van der Waals surface area contributed by atoms with E-state index in [-0.39, 0.29) is 25.0 Å². The van der Waals surface area contributed by atoms with Gasteiger partial charge in [-0.25, -0.2) is 13.6 Å². The van der Waals surface area contributed by atoms with Gasteiger partial charge in [0.2, 0.25) is 0 Å². The quantitative estimate of drug-likeness (QED) is 0.678. The summed E-state index contributed by atoms with van der Waals surface area (Å²) >= 11 is 0. The van der Waals surface area contributed by atoms with Crippen molar-refractivity contribution in [2.75, 3.05) is 27.2 Å². The molecule has 0 radical (unpaired) electrons. The summed E-state index contributed by atoms with van der Waals surface area (Å²) in [5, 5.41) is 3.36. The van der Waals surface area contributed by atoms with Crippen molar-refractivity contribution in [2.24, 2.45) is 5.92 Å². The van der Waals surface area contributed by atoms with Crippen molar-refractivity contribution in [3.8, 4) is 0 Å². The molecule has 0 aliphatic heterocycles. The smallest absolute Gasteiger partial charge is 0.327 e. The van der Waals surface area contributed by atoms with Crippen molar-refractivity contribution in [3.05, 3.63) is 0 Å². The number of methoxy groups -OCH3 is 1. The van der Waals surface area contributed by atoms with Crippen molar-refractivity contribution >= 4 is 5.97 Å². The van der Waals surface area contributed by atoms with Gasteiger partial charge in [0.1, 0.15) is 5.54 Å². The number of hydrogen-bond acceptors (Lipinski definition) is 4. The van der Waals surface area contributed by atoms with Crippen LogP contribution in [0.1, 0.15) is 25.7 Å². The van der Waals surface area contributed by atoms with E-state index in [1.807, 2.05) is 0 Å². The van der Waals surface area contributed by atoms with E-state index in [9.17, 15) is 13.6 Å². The molecule has 0 aromatic rings. The maximum Gasteiger partial charge on any atom is 0.327 e. The van der Waals surface area contributed by atoms with Gasteiger partial charge in [0, 0.05) is 12.6 Å². The van der Waals surface area contributed by atoms with Crippen LogP contribution >= 0.6 is 0 Å². The number of halogens is 2. The molecule has 6 heteroatoms. The molecule has 2 saturated carbocycles. The lowest BCUT2D eigenvalue weighted by atomic mass is 9.92. The largest absolute Gasteiger partial charge is 0.468 e. The highest BCUT2D eigenvalue weighted by Crippen LogP contribution is 2.42. The summed E-state index contributed by atoms with van der Waals surface area (Å²) in [7, 11) is 2.99. The van der Waals surface area contributed by atoms with Crippen molar-refractivity contribution in [1.82, 2.24) is 10.2 Å². The zero-order valence-corrected chi connectivity index (χ0v) is 11.5. The molecule has 2 rings (SSSR count). The number of alkyl halides is 2. The van der Waals surface area contributed by atoms with E-state index in [2.05, 4.69) is 5.32 Å². The Labute approximate surface area is 112 Å². The van der Waals surface area contributed by atoms with Crippen LogP contribution in [0.25, 0.3) is 0 Å². The monoisotopic (exact) mass is 276 g/mol. The third-order valence-electron chi connectivity index (χ3n) is 3.83. The van der Waals surface area contributed by atoms with Crippen molar-refractivity contribution in [1.29, 1.82) is 0 Å². The number of esters is 1. The number of nitrogens with zero attached hydrogens (tertiary/aromatic N) is 1. The Kier molecular flexibility index (Phi) is 4.40. The molecule has 0 amide bonds. The lowest BCUT2D eigenvalue weighted by molar-refractivity contribution is -0.151. The Balaban J connectivity index is 2.08. The number of nitrogens with one attached hydrogen (secondary N) is 1. The first-order valence-corrected chi connectivity index (χ1v) is 6.80. The molecule has 19 heavy (non-hydrogen) atoms. The molecule has 1 atom stereocenters. The van der Waals surface area contributed by atoms with Gasteiger partial charge in [0.25, 0.3) is 6.43 Å². The van der Waals surface area contributed by atoms with Crippen LogP contribution < -0.4 is 5.32 Å². The van der Waals surface area contributed by atoms with E-state index < -0.39 is 12.0 Å². The minimum absolute atomic E-state index is 0.209. The molecule has 0 bridgehead atoms. The predicted molar refractivity (Wildman–Crippen MR) is 67.1 cm³/mol. The SMILES string of the molecule is COC(=O)C(CN(C)CC(F)F)(NC1CC1)C1CC1. The number of carbonyl (C=O) groups is 1. The Morgan fingerprint density at radius 2 is 2.05 bits per heavy atom. The predicted octanol–water partition coefficient (Wildman–Crippen LogP) is 1.26. The normalized spacial score (nSPS) is 22.6. The van der Waals surface area contributed by atoms with Gasteiger partial charge in [-0.15, -0.1) is 0 Å². The van der Waals surface area contributed by atoms with Gasteiger partial charge in [-0.1, -0.05) is 0 Å². The summed E-state index contributed by atoms with van der Waals surface area (Å²) in [6, 6.07) is 0.333. The molecule has 0 saturated heterocycles. The fourth-order valence-electron chi connectivity index (χ4n) is 2.66. The first-order valence-electron chi connectivity index (χ1n) is 6.80. The summed E-state index contributed by atoms with van der Waals surface area (Å²) < 4.78 is 29.8. The lowest BCUT2D eigenvalue weighted by Gasteiger charge is -2.36. The summed E-state index contributed by atoms with van der Waals surface area (Å²) in [6.45, 7) is -0.0387. The minimum atomic E-state index is -2.39. The maximum absolute atomic E-state index is 12.5. The Bertz CT molecular complexity index is 333. The summed E-state index contributed by atoms with van der Waals surface area (Å²) in [4.78, 5) is 13.7. The second kappa shape index (κ2) is 5.71. The molecule has 2 fully saturated rings. The molecule has 2 aliphatic rings. The molecular weight excluding hydrogens is 254 g/mol. The molecule has 1 unspecified atom stereocenters. The van der Waals surface area contributed by atoms with Crippen molar-refractivity contribution in [2.45, 2.75) is 43.7 Å². The maximum atomic E-state index is 12.5. The Morgan fingerprint density at radius 3 is 2.47 bits per heavy atom. The van der Waals surface area contributed by atoms with Gasteiger partial charge in [0.05, 0.1) is 13.7 Å². The zero-order valence-electron chi connectivity index (χ0n) is 11.5. The average Bonchev–Trinajstić information content (AvgIpc) is 3.17. The molecule has 4 nitrogen and oxygen atoms in total. The van der Waals surface area contributed by atoms with Crippen molar-refractivity contribution < 1.29 is 18.3 Å². The van der Waals surface area contributed by atoms with Crippen LogP contribution in [0.4, 0.5) is 8.78 Å². The third kappa shape index (κ3) is 3.63. The fraction of sp³-hybridized carbons (Fsp3) is 0.923. The average molecular weight is 276 g/mol. The van der Waals surface area contributed by atoms with E-state index in [4.69, 9.17) is 4.74 Å². The van der Waals surface area contributed by atoms with E-state index >= 15 is 0 Å². The number of hydrogen-bond donors (Lipinski definition) is 1. The van der Waals surface area contributed by atoms with E-state index in [0.29, 0.717) is 6.04 Å². The second-order valence-corrected chi connectivity index (χ2v) is 5.74. The van der Waals surface area contributed by atoms with E-state index in [1.165, 1.54) is 12.0 Å². The number of ether oxygens (including phenoxy) is 1. The van der Waals surface area contributed by atoms with Crippen LogP contribution in [-0.2, 0) is 9.53 Å². The first kappa shape index (κ1) is 14.7. The first-order chi connectivity index (χ1) is 8.98. The van der Waals surface area contributed by atoms with Gasteiger partial charge in [-0.2, -0.15) is 0 Å². The summed E-state index contributed by atoms with van der Waals surface area (Å²) in [5.74, 6) is -0.108. The molecule has 110 valence electrons. The van der Waals surface area contributed by atoms with E-state index in [0.717, 1.165) is 25.7 Å². The second-order valence-electron chi connectivity index (χ2n) is 5.74. The highest BCUT2D eigenvalue weighted by Gasteiger charge is 2.54. The number of rotatable bonds is 8. The molecular formula is C13H22F2N2O2. The standard InChI is InChI=1S/C13H22F2N2O2/c1-17(7-11(14)15)8-13(9-3-4-9,12(18)19-2)16-10-5-6-10/h9-11,16H,3-8H2,1-2H3. The topological polar surface area (TPSA) is 41.6 Å². The van der Waals surface area contributed by atoms with Gasteiger partial charge in [0.15, 0.2) is 0 Å². The number of likely N-dealkylation sites (N-methyl/N-ethyl adjacent to an activating group) is 1. The van der Waals surface area contributed by atoms with Crippen LogP contribution in [0.2, 0.25) is 0 Å². The molecule has 0 spiro atoms. The van der Waals surface area contributed by atoms with Crippen LogP contribution in [-0.4, -0.2) is 56.1 Å². The van der Waals surface area contributed by atoms with Crippen molar-refractivity contribution in [3.63, 3.8) is 0 Å². The minimum Gasteiger partial charge on any atom is -0.468 e. The molecule has 2 aliphatic carbocycles. The summed E-state index contributed by atoms with van der Waals surface area (Å²) in [5.41, 5.74) is -0.806. The van der Waals surface area contributed by atoms with Crippen LogP contribution in [0.15, 0.2) is 0 Å². The summed E-state index contributed by atoms with van der Waals surface area (Å²) in [6.07, 6.45) is 1.61. The zero-order chi connectivity index (χ0) is 14.0. The van der Waals surface area contributed by atoms with Crippen LogP contribution in [0.3, 0.4) is 0 Å². The Hall–Kier alpha value is -0.750. The number of carbonyl (C=O) groups excluding carboxylic acids is 1. The lowest BCUT2D eigenvalue weighted by Crippen LogP contribution is -2.61. The Morgan fingerprint density at radius 1 is 1.42 bits per heavy atom. The van der Waals surface area contributed by atoms with Crippen LogP contribution in [0.5, 0.6) is 0 Å². The molecule has 0 aromatic heterocycles. The molecule has 0 heterocycles. The highest BCUT2D eigenvalue weighted by atomic mass is 19.3. The van der Waals surface area contributed by atoms with Gasteiger partial charge < -0.3 is 4.74 Å². The molecule has 1 N–H and O–H groups in total. The molecule has 0 aromatic carbocycles. The van der Waals surface area contributed by atoms with Gasteiger partial charge in [-0.05, 0) is 38.6 Å². The fourth-order valence-corrected chi connectivity index (χ4v) is 2.66. The van der Waals surface area contributed by atoms with E-state index in [1.54, 1.807) is 7.05 Å². The van der Waals surface area contributed by atoms with Gasteiger partial charge in [-0.3, -0.25) is 10.2 Å².